The van der Waals surface area contributed by atoms with E-state index < -0.39 is 6.10 Å². The molecule has 19 heavy (non-hydrogen) atoms. The molecule has 0 saturated carbocycles. The molecule has 0 fully saturated rings. The van der Waals surface area contributed by atoms with Crippen molar-refractivity contribution in [1.29, 1.82) is 0 Å². The van der Waals surface area contributed by atoms with Crippen LogP contribution in [0.1, 0.15) is 25.0 Å². The van der Waals surface area contributed by atoms with Gasteiger partial charge in [0, 0.05) is 23.2 Å². The van der Waals surface area contributed by atoms with Crippen LogP contribution in [0.4, 0.5) is 0 Å². The van der Waals surface area contributed by atoms with E-state index in [1.807, 2.05) is 6.92 Å². The average Bonchev–Trinajstić information content (AvgIpc) is 2.33. The number of nitrogens with one attached hydrogen (secondary N) is 1. The quantitative estimate of drug-likeness (QED) is 0.761. The summed E-state index contributed by atoms with van der Waals surface area (Å²) in [6.07, 6.45) is -0.966. The van der Waals surface area contributed by atoms with Gasteiger partial charge in [-0.25, -0.2) is 0 Å². The molecule has 0 saturated heterocycles. The lowest BCUT2D eigenvalue weighted by molar-refractivity contribution is -0.123. The van der Waals surface area contributed by atoms with Crippen molar-refractivity contribution in [3.63, 3.8) is 0 Å². The van der Waals surface area contributed by atoms with Gasteiger partial charge in [0.1, 0.15) is 0 Å². The van der Waals surface area contributed by atoms with Gasteiger partial charge in [-0.05, 0) is 30.7 Å². The number of halogens is 2. The molecule has 0 aliphatic carbocycles. The average molecular weight is 306 g/mol. The fourth-order valence-electron chi connectivity index (χ4n) is 1.54. The Kier molecular flexibility index (Phi) is 7.16. The van der Waals surface area contributed by atoms with Crippen LogP contribution in [0.3, 0.4) is 0 Å². The molecule has 4 nitrogen and oxygen atoms in total. The summed E-state index contributed by atoms with van der Waals surface area (Å²) in [4.78, 5) is 11.6. The standard InChI is InChI=1S/C13H17Cl2NO3/c1-2-19-4-3-16-13(18)8-12(17)9-5-10(14)7-11(15)6-9/h5-7,12,17H,2-4,8H2,1H3,(H,16,18). The van der Waals surface area contributed by atoms with Crippen molar-refractivity contribution in [2.75, 3.05) is 19.8 Å². The van der Waals surface area contributed by atoms with Crippen LogP contribution in [0.2, 0.25) is 10.0 Å². The lowest BCUT2D eigenvalue weighted by Crippen LogP contribution is -2.28. The summed E-state index contributed by atoms with van der Waals surface area (Å²) in [5, 5.41) is 13.4. The molecule has 1 rings (SSSR count). The summed E-state index contributed by atoms with van der Waals surface area (Å²) in [5.41, 5.74) is 0.525. The molecular formula is C13H17Cl2NO3. The molecule has 0 spiro atoms. The second kappa shape index (κ2) is 8.38. The molecule has 106 valence electrons. The minimum atomic E-state index is -0.928. The van der Waals surface area contributed by atoms with Gasteiger partial charge in [-0.1, -0.05) is 23.2 Å². The highest BCUT2D eigenvalue weighted by molar-refractivity contribution is 6.34. The second-order valence-electron chi connectivity index (χ2n) is 3.97. The van der Waals surface area contributed by atoms with Crippen LogP contribution < -0.4 is 5.32 Å². The maximum atomic E-state index is 11.6. The summed E-state index contributed by atoms with van der Waals surface area (Å²) in [5.74, 6) is -0.247. The molecule has 1 atom stereocenters. The Balaban J connectivity index is 2.45. The van der Waals surface area contributed by atoms with Crippen molar-refractivity contribution in [2.45, 2.75) is 19.4 Å². The number of rotatable bonds is 7. The summed E-state index contributed by atoms with van der Waals surface area (Å²) in [6.45, 7) is 3.38. The van der Waals surface area contributed by atoms with E-state index in [1.165, 1.54) is 0 Å². The van der Waals surface area contributed by atoms with E-state index >= 15 is 0 Å². The zero-order chi connectivity index (χ0) is 14.3. The molecule has 0 heterocycles. The van der Waals surface area contributed by atoms with Crippen LogP contribution in [-0.4, -0.2) is 30.8 Å². The molecule has 2 N–H and O–H groups in total. The van der Waals surface area contributed by atoms with E-state index in [4.69, 9.17) is 27.9 Å². The second-order valence-corrected chi connectivity index (χ2v) is 4.84. The number of ether oxygens (including phenoxy) is 1. The maximum Gasteiger partial charge on any atom is 0.223 e. The molecule has 1 aromatic carbocycles. The fraction of sp³-hybridized carbons (Fsp3) is 0.462. The Labute approximate surface area is 122 Å². The van der Waals surface area contributed by atoms with E-state index in [1.54, 1.807) is 18.2 Å². The normalized spacial score (nSPS) is 12.2. The molecule has 0 aliphatic rings. The number of carbonyl (C=O) groups is 1. The van der Waals surface area contributed by atoms with Crippen LogP contribution in [-0.2, 0) is 9.53 Å². The van der Waals surface area contributed by atoms with Crippen molar-refractivity contribution in [2.24, 2.45) is 0 Å². The van der Waals surface area contributed by atoms with E-state index in [0.29, 0.717) is 35.4 Å². The molecule has 6 heteroatoms. The highest BCUT2D eigenvalue weighted by atomic mass is 35.5. The predicted octanol–water partition coefficient (Wildman–Crippen LogP) is 2.57. The Bertz CT molecular complexity index is 406. The van der Waals surface area contributed by atoms with Crippen molar-refractivity contribution in [1.82, 2.24) is 5.32 Å². The van der Waals surface area contributed by atoms with Gasteiger partial charge in [0.25, 0.3) is 0 Å². The molecule has 0 aliphatic heterocycles. The highest BCUT2D eigenvalue weighted by Gasteiger charge is 2.14. The summed E-state index contributed by atoms with van der Waals surface area (Å²) < 4.78 is 5.09. The number of amides is 1. The first-order valence-electron chi connectivity index (χ1n) is 6.01. The molecule has 0 aromatic heterocycles. The molecule has 1 aromatic rings. The van der Waals surface area contributed by atoms with Gasteiger partial charge >= 0.3 is 0 Å². The van der Waals surface area contributed by atoms with Crippen molar-refractivity contribution in [3.05, 3.63) is 33.8 Å². The third kappa shape index (κ3) is 6.25. The molecule has 0 bridgehead atoms. The summed E-state index contributed by atoms with van der Waals surface area (Å²) in [7, 11) is 0. The van der Waals surface area contributed by atoms with Gasteiger partial charge in [-0.2, -0.15) is 0 Å². The third-order valence-corrected chi connectivity index (χ3v) is 2.86. The van der Waals surface area contributed by atoms with Gasteiger partial charge in [0.05, 0.1) is 19.1 Å². The lowest BCUT2D eigenvalue weighted by Gasteiger charge is -2.12. The molecule has 0 radical (unpaired) electrons. The molecular weight excluding hydrogens is 289 g/mol. The highest BCUT2D eigenvalue weighted by Crippen LogP contribution is 2.25. The largest absolute Gasteiger partial charge is 0.388 e. The zero-order valence-electron chi connectivity index (χ0n) is 10.7. The van der Waals surface area contributed by atoms with E-state index in [2.05, 4.69) is 5.32 Å². The summed E-state index contributed by atoms with van der Waals surface area (Å²) in [6, 6.07) is 4.75. The number of aliphatic hydroxyl groups excluding tert-OH is 1. The van der Waals surface area contributed by atoms with Gasteiger partial charge in [0.2, 0.25) is 5.91 Å². The fourth-order valence-corrected chi connectivity index (χ4v) is 2.08. The Morgan fingerprint density at radius 1 is 1.37 bits per heavy atom. The van der Waals surface area contributed by atoms with Crippen LogP contribution in [0.25, 0.3) is 0 Å². The van der Waals surface area contributed by atoms with E-state index in [-0.39, 0.29) is 12.3 Å². The van der Waals surface area contributed by atoms with Gasteiger partial charge in [-0.15, -0.1) is 0 Å². The smallest absolute Gasteiger partial charge is 0.223 e. The molecule has 1 amide bonds. The van der Waals surface area contributed by atoms with Gasteiger partial charge in [-0.3, -0.25) is 4.79 Å². The van der Waals surface area contributed by atoms with Crippen LogP contribution >= 0.6 is 23.2 Å². The third-order valence-electron chi connectivity index (χ3n) is 2.42. The topological polar surface area (TPSA) is 58.6 Å². The van der Waals surface area contributed by atoms with Crippen molar-refractivity contribution < 1.29 is 14.6 Å². The SMILES string of the molecule is CCOCCNC(=O)CC(O)c1cc(Cl)cc(Cl)c1. The minimum absolute atomic E-state index is 0.0389. The first-order chi connectivity index (χ1) is 9.02. The Hall–Kier alpha value is -0.810. The minimum Gasteiger partial charge on any atom is -0.388 e. The number of benzene rings is 1. The van der Waals surface area contributed by atoms with Crippen LogP contribution in [0.15, 0.2) is 18.2 Å². The Morgan fingerprint density at radius 3 is 2.58 bits per heavy atom. The number of aliphatic hydroxyl groups is 1. The zero-order valence-corrected chi connectivity index (χ0v) is 12.2. The monoisotopic (exact) mass is 305 g/mol. The first-order valence-corrected chi connectivity index (χ1v) is 6.77. The van der Waals surface area contributed by atoms with Crippen LogP contribution in [0, 0.1) is 0 Å². The predicted molar refractivity (Wildman–Crippen MR) is 75.5 cm³/mol. The number of hydrogen-bond acceptors (Lipinski definition) is 3. The number of carbonyl (C=O) groups excluding carboxylic acids is 1. The number of hydrogen-bond donors (Lipinski definition) is 2. The van der Waals surface area contributed by atoms with Gasteiger partial charge < -0.3 is 15.2 Å². The van der Waals surface area contributed by atoms with Crippen molar-refractivity contribution in [3.8, 4) is 0 Å². The van der Waals surface area contributed by atoms with E-state index in [0.717, 1.165) is 0 Å². The van der Waals surface area contributed by atoms with Crippen LogP contribution in [0.5, 0.6) is 0 Å². The van der Waals surface area contributed by atoms with Crippen molar-refractivity contribution >= 4 is 29.1 Å². The maximum absolute atomic E-state index is 11.6. The Morgan fingerprint density at radius 2 is 2.00 bits per heavy atom. The summed E-state index contributed by atoms with van der Waals surface area (Å²) >= 11 is 11.7. The van der Waals surface area contributed by atoms with Gasteiger partial charge in [0.15, 0.2) is 0 Å². The molecule has 1 unspecified atom stereocenters. The lowest BCUT2D eigenvalue weighted by atomic mass is 10.1. The van der Waals surface area contributed by atoms with E-state index in [9.17, 15) is 9.90 Å². The first kappa shape index (κ1) is 16.2.